The molecule has 5 atom stereocenters. The Balaban J connectivity index is 1.83. The van der Waals surface area contributed by atoms with Crippen molar-refractivity contribution < 1.29 is 39.0 Å². The third-order valence-electron chi connectivity index (χ3n) is 7.70. The second kappa shape index (κ2) is 20.4. The molecule has 2 heterocycles. The molecule has 0 spiro atoms. The number of aliphatic imine (C=N–C) groups is 1. The number of hydrogen-bond donors (Lipinski definition) is 11. The molecule has 0 aliphatic rings. The fourth-order valence-electron chi connectivity index (χ4n) is 5.01. The van der Waals surface area contributed by atoms with Crippen molar-refractivity contribution in [2.24, 2.45) is 22.2 Å². The number of aromatic amines is 2. The lowest BCUT2D eigenvalue weighted by atomic mass is 10.0. The second-order valence-corrected chi connectivity index (χ2v) is 11.8. The fraction of sp³-hybridized carbons (Fsp3) is 0.406. The van der Waals surface area contributed by atoms with Gasteiger partial charge in [0.2, 0.25) is 23.6 Å². The smallest absolute Gasteiger partial charge is 0.326 e. The predicted molar refractivity (Wildman–Crippen MR) is 185 cm³/mol. The van der Waals surface area contributed by atoms with Gasteiger partial charge in [-0.25, -0.2) is 14.8 Å². The van der Waals surface area contributed by atoms with Crippen molar-refractivity contribution in [3.05, 3.63) is 72.3 Å². The minimum absolute atomic E-state index is 0.0255. The summed E-state index contributed by atoms with van der Waals surface area (Å²) in [4.78, 5) is 94.7. The van der Waals surface area contributed by atoms with Crippen LogP contribution in [-0.2, 0) is 48.0 Å². The lowest BCUT2D eigenvalue weighted by Crippen LogP contribution is -2.59. The number of nitrogens with one attached hydrogen (secondary N) is 6. The van der Waals surface area contributed by atoms with E-state index >= 15 is 0 Å². The van der Waals surface area contributed by atoms with Crippen LogP contribution in [0.25, 0.3) is 0 Å². The highest BCUT2D eigenvalue weighted by Crippen LogP contribution is 2.09. The van der Waals surface area contributed by atoms with Gasteiger partial charge in [0.05, 0.1) is 18.7 Å². The molecule has 0 saturated carbocycles. The first-order chi connectivity index (χ1) is 24.8. The van der Waals surface area contributed by atoms with E-state index in [2.05, 4.69) is 46.2 Å². The summed E-state index contributed by atoms with van der Waals surface area (Å²) in [5, 5.41) is 29.2. The van der Waals surface area contributed by atoms with Crippen LogP contribution >= 0.6 is 0 Å². The highest BCUT2D eigenvalue weighted by atomic mass is 16.4. The summed E-state index contributed by atoms with van der Waals surface area (Å²) in [7, 11) is 0. The number of H-pyrrole nitrogens is 2. The molecule has 0 aliphatic heterocycles. The lowest BCUT2D eigenvalue weighted by Gasteiger charge is -2.26. The van der Waals surface area contributed by atoms with Gasteiger partial charge >= 0.3 is 11.9 Å². The number of carbonyl (C=O) groups is 6. The fourth-order valence-corrected chi connectivity index (χ4v) is 5.01. The zero-order chi connectivity index (χ0) is 38.0. The van der Waals surface area contributed by atoms with Crippen molar-refractivity contribution in [1.82, 2.24) is 41.2 Å². The number of benzene rings is 1. The van der Waals surface area contributed by atoms with Gasteiger partial charge in [-0.3, -0.25) is 29.0 Å². The number of rotatable bonds is 22. The summed E-state index contributed by atoms with van der Waals surface area (Å²) in [6, 6.07) is 2.04. The maximum atomic E-state index is 13.9. The van der Waals surface area contributed by atoms with Crippen LogP contribution < -0.4 is 38.5 Å². The molecule has 0 saturated heterocycles. The van der Waals surface area contributed by atoms with E-state index < -0.39 is 72.2 Å². The monoisotopic (exact) mass is 724 g/mol. The SMILES string of the molecule is NC(N)=NCCC[C@H](NC(=O)[C@H](Cc1ccccc1)NC(=O)[C@H](CCC(=O)O)NC(=O)[C@@H](N)Cc1cnc[nH]1)C(=O)N[C@@H](Cc1cnc[nH]1)C(=O)O. The van der Waals surface area contributed by atoms with E-state index in [-0.39, 0.29) is 51.0 Å². The van der Waals surface area contributed by atoms with E-state index in [1.165, 1.54) is 25.0 Å². The standard InChI is InChI=1S/C32H44N12O8/c33-21(12-19-14-36-16-39-19)27(47)41-23(8-9-26(45)46)29(49)43-24(11-18-5-2-1-3-6-18)30(50)42-22(7-4-10-38-32(34)35)28(48)44-25(31(51)52)13-20-15-37-17-40-20/h1-3,5-6,14-17,21-25H,4,7-13,33H2,(H,36,39)(H,37,40)(H,41,47)(H,42,50)(H,43,49)(H,44,48)(H,45,46)(H,51,52)(H4,34,35,38)/t21-,22-,23-,24-,25-/m0/s1. The molecular weight excluding hydrogens is 680 g/mol. The van der Waals surface area contributed by atoms with E-state index in [0.29, 0.717) is 17.0 Å². The van der Waals surface area contributed by atoms with Gasteiger partial charge < -0.3 is 58.6 Å². The minimum Gasteiger partial charge on any atom is -0.481 e. The van der Waals surface area contributed by atoms with E-state index in [0.717, 1.165) is 0 Å². The zero-order valence-corrected chi connectivity index (χ0v) is 28.2. The van der Waals surface area contributed by atoms with Crippen LogP contribution in [0.3, 0.4) is 0 Å². The molecule has 52 heavy (non-hydrogen) atoms. The van der Waals surface area contributed by atoms with Crippen molar-refractivity contribution in [3.63, 3.8) is 0 Å². The summed E-state index contributed by atoms with van der Waals surface area (Å²) in [5.41, 5.74) is 18.5. The van der Waals surface area contributed by atoms with E-state index in [1.807, 2.05) is 0 Å². The molecule has 20 heteroatoms. The number of guanidine groups is 1. The first kappa shape index (κ1) is 40.1. The lowest BCUT2D eigenvalue weighted by molar-refractivity contribution is -0.142. The largest absolute Gasteiger partial charge is 0.481 e. The van der Waals surface area contributed by atoms with Gasteiger partial charge in [0.15, 0.2) is 5.96 Å². The van der Waals surface area contributed by atoms with Crippen molar-refractivity contribution in [2.75, 3.05) is 6.54 Å². The molecule has 1 aromatic carbocycles. The Morgan fingerprint density at radius 1 is 0.712 bits per heavy atom. The zero-order valence-electron chi connectivity index (χ0n) is 28.2. The molecule has 0 fully saturated rings. The van der Waals surface area contributed by atoms with Crippen LogP contribution in [-0.4, -0.2) is 108 Å². The summed E-state index contributed by atoms with van der Waals surface area (Å²) in [6.45, 7) is 0.0934. The number of nitrogens with two attached hydrogens (primary N) is 3. The Labute approximate surface area is 297 Å². The third-order valence-corrected chi connectivity index (χ3v) is 7.70. The number of imidazole rings is 2. The Morgan fingerprint density at radius 2 is 1.25 bits per heavy atom. The Hall–Kier alpha value is -6.31. The average molecular weight is 725 g/mol. The predicted octanol–water partition coefficient (Wildman–Crippen LogP) is -2.57. The number of amides is 4. The molecule has 0 radical (unpaired) electrons. The van der Waals surface area contributed by atoms with Crippen LogP contribution in [0.4, 0.5) is 0 Å². The van der Waals surface area contributed by atoms with Crippen LogP contribution in [0, 0.1) is 0 Å². The quantitative estimate of drug-likeness (QED) is 0.0289. The van der Waals surface area contributed by atoms with Gasteiger partial charge in [-0.15, -0.1) is 0 Å². The Morgan fingerprint density at radius 3 is 1.81 bits per heavy atom. The van der Waals surface area contributed by atoms with Crippen LogP contribution in [0.15, 0.2) is 60.4 Å². The van der Waals surface area contributed by atoms with E-state index in [9.17, 15) is 39.0 Å². The summed E-state index contributed by atoms with van der Waals surface area (Å²) >= 11 is 0. The van der Waals surface area contributed by atoms with Gasteiger partial charge in [0.25, 0.3) is 0 Å². The first-order valence-corrected chi connectivity index (χ1v) is 16.3. The molecule has 0 bridgehead atoms. The summed E-state index contributed by atoms with van der Waals surface area (Å²) in [6.07, 6.45) is 4.86. The number of aromatic nitrogens is 4. The van der Waals surface area contributed by atoms with Crippen molar-refractivity contribution in [3.8, 4) is 0 Å². The molecule has 20 nitrogen and oxygen atoms in total. The van der Waals surface area contributed by atoms with Crippen molar-refractivity contribution in [1.29, 1.82) is 0 Å². The molecular formula is C32H44N12O8. The number of aliphatic carboxylic acids is 2. The normalized spacial score (nSPS) is 13.7. The van der Waals surface area contributed by atoms with Crippen LogP contribution in [0.5, 0.6) is 0 Å². The van der Waals surface area contributed by atoms with Crippen LogP contribution in [0.2, 0.25) is 0 Å². The van der Waals surface area contributed by atoms with Crippen molar-refractivity contribution in [2.45, 2.75) is 75.2 Å². The maximum Gasteiger partial charge on any atom is 0.326 e. The Kier molecular flexibility index (Phi) is 15.7. The van der Waals surface area contributed by atoms with Gasteiger partial charge in [0.1, 0.15) is 24.2 Å². The Bertz CT molecular complexity index is 1650. The number of carboxylic acid groups (broad SMARTS) is 2. The van der Waals surface area contributed by atoms with Crippen molar-refractivity contribution >= 4 is 41.5 Å². The van der Waals surface area contributed by atoms with E-state index in [1.54, 1.807) is 30.3 Å². The molecule has 2 aromatic heterocycles. The first-order valence-electron chi connectivity index (χ1n) is 16.3. The topological polar surface area (TPSA) is 339 Å². The summed E-state index contributed by atoms with van der Waals surface area (Å²) < 4.78 is 0. The highest BCUT2D eigenvalue weighted by molar-refractivity contribution is 5.95. The summed E-state index contributed by atoms with van der Waals surface area (Å²) in [5.74, 6) is -6.02. The molecule has 3 rings (SSSR count). The number of nitrogens with zero attached hydrogens (tertiary/aromatic N) is 3. The molecule has 4 amide bonds. The van der Waals surface area contributed by atoms with E-state index in [4.69, 9.17) is 17.2 Å². The number of carboxylic acids is 2. The number of hydrogen-bond acceptors (Lipinski definition) is 10. The minimum atomic E-state index is -1.40. The molecule has 0 unspecified atom stereocenters. The van der Waals surface area contributed by atoms with Gasteiger partial charge in [-0.05, 0) is 24.8 Å². The van der Waals surface area contributed by atoms with Gasteiger partial charge in [0, 0.05) is 56.0 Å². The third kappa shape index (κ3) is 13.9. The van der Waals surface area contributed by atoms with Gasteiger partial charge in [-0.1, -0.05) is 30.3 Å². The average Bonchev–Trinajstić information content (AvgIpc) is 3.82. The maximum absolute atomic E-state index is 13.9. The second-order valence-electron chi connectivity index (χ2n) is 11.8. The molecule has 280 valence electrons. The number of carbonyl (C=O) groups excluding carboxylic acids is 4. The highest BCUT2D eigenvalue weighted by Gasteiger charge is 2.32. The molecule has 0 aliphatic carbocycles. The van der Waals surface area contributed by atoms with Crippen LogP contribution in [0.1, 0.15) is 42.6 Å². The molecule has 14 N–H and O–H groups in total. The van der Waals surface area contributed by atoms with Gasteiger partial charge in [-0.2, -0.15) is 0 Å². The molecule has 3 aromatic rings.